The van der Waals surface area contributed by atoms with Gasteiger partial charge in [-0.25, -0.2) is 16.8 Å². The maximum atomic E-state index is 12.1. The van der Waals surface area contributed by atoms with Gasteiger partial charge < -0.3 is 28.8 Å². The maximum absolute atomic E-state index is 12.1. The molecule has 14 nitrogen and oxygen atoms in total. The van der Waals surface area contributed by atoms with Gasteiger partial charge in [0.05, 0.1) is 45.8 Å². The number of benzene rings is 4. The summed E-state index contributed by atoms with van der Waals surface area (Å²) >= 11 is 0. The van der Waals surface area contributed by atoms with E-state index in [1.165, 1.54) is 24.3 Å². The summed E-state index contributed by atoms with van der Waals surface area (Å²) in [5.41, 5.74) is 1.28. The van der Waals surface area contributed by atoms with Gasteiger partial charge in [0.1, 0.15) is 31.7 Å². The molecule has 0 aromatic heterocycles. The van der Waals surface area contributed by atoms with Crippen molar-refractivity contribution in [3.05, 3.63) is 96.1 Å². The van der Waals surface area contributed by atoms with E-state index in [2.05, 4.69) is 20.5 Å². The van der Waals surface area contributed by atoms with Crippen LogP contribution in [0.4, 0.5) is 22.7 Å². The molecular weight excluding hydrogens is 710 g/mol. The van der Waals surface area contributed by atoms with Crippen molar-refractivity contribution in [2.45, 2.75) is 35.5 Å². The number of aryl methyl sites for hydroxylation is 2. The molecule has 0 saturated carbocycles. The van der Waals surface area contributed by atoms with Crippen molar-refractivity contribution in [1.82, 2.24) is 0 Å². The van der Waals surface area contributed by atoms with Crippen molar-refractivity contribution < 1.29 is 105 Å². The zero-order valence-corrected chi connectivity index (χ0v) is 33.1. The second-order valence-electron chi connectivity index (χ2n) is 10.2. The van der Waals surface area contributed by atoms with Crippen LogP contribution < -0.4 is 68.6 Å². The topological polar surface area (TPSA) is 223 Å². The number of aliphatic hydroxyl groups excluding tert-OH is 2. The molecule has 50 heavy (non-hydrogen) atoms. The van der Waals surface area contributed by atoms with E-state index in [1.807, 2.05) is 0 Å². The molecule has 4 aromatic rings. The van der Waals surface area contributed by atoms with Gasteiger partial charge in [0.2, 0.25) is 0 Å². The van der Waals surface area contributed by atoms with Crippen LogP contribution in [0.5, 0.6) is 11.5 Å². The van der Waals surface area contributed by atoms with Crippen LogP contribution in [0.25, 0.3) is 0 Å². The van der Waals surface area contributed by atoms with E-state index >= 15 is 0 Å². The predicted octanol–water partition coefficient (Wildman–Crippen LogP) is -0.359. The zero-order chi connectivity index (χ0) is 34.6. The molecule has 4 rings (SSSR count). The third-order valence-corrected chi connectivity index (χ3v) is 8.52. The Bertz CT molecular complexity index is 1820. The van der Waals surface area contributed by atoms with E-state index in [-0.39, 0.29) is 108 Å². The molecule has 4 aromatic carbocycles. The first kappa shape index (κ1) is 43.6. The minimum absolute atomic E-state index is 0. The van der Waals surface area contributed by atoms with E-state index < -0.39 is 30.0 Å². The first-order chi connectivity index (χ1) is 23.0. The molecule has 0 atom stereocenters. The van der Waals surface area contributed by atoms with Crippen LogP contribution >= 0.6 is 0 Å². The molecule has 254 valence electrons. The predicted molar refractivity (Wildman–Crippen MR) is 172 cm³/mol. The van der Waals surface area contributed by atoms with E-state index in [4.69, 9.17) is 19.7 Å². The number of hydrogen-bond acceptors (Lipinski definition) is 14. The summed E-state index contributed by atoms with van der Waals surface area (Å²) in [6.07, 6.45) is 0.814. The van der Waals surface area contributed by atoms with Gasteiger partial charge in [-0.15, -0.1) is 0 Å². The molecule has 0 saturated heterocycles. The summed E-state index contributed by atoms with van der Waals surface area (Å²) in [6, 6.07) is 21.0. The molecule has 0 amide bonds. The second kappa shape index (κ2) is 21.1. The molecule has 0 fully saturated rings. The molecule has 0 radical (unpaired) electrons. The molecule has 0 spiro atoms. The third-order valence-electron chi connectivity index (χ3n) is 6.68. The first-order valence-electron chi connectivity index (χ1n) is 14.6. The maximum Gasteiger partial charge on any atom is 1.00 e. The van der Waals surface area contributed by atoms with Crippen LogP contribution in [-0.2, 0) is 33.1 Å². The van der Waals surface area contributed by atoms with Crippen LogP contribution in [0, 0.1) is 0 Å². The summed E-state index contributed by atoms with van der Waals surface area (Å²) in [5.74, 6) is 1.14. The fraction of sp³-hybridized carbons (Fsp3) is 0.250. The largest absolute Gasteiger partial charge is 1.00 e. The summed E-state index contributed by atoms with van der Waals surface area (Å²) in [7, 11) is -9.92. The Hall–Kier alpha value is -2.58. The molecule has 0 aliphatic heterocycles. The fourth-order valence-corrected chi connectivity index (χ4v) is 5.83. The minimum Gasteiger partial charge on any atom is -0.744 e. The Morgan fingerprint density at radius 3 is 1.16 bits per heavy atom. The summed E-state index contributed by atoms with van der Waals surface area (Å²) in [4.78, 5) is -1.10. The Morgan fingerprint density at radius 2 is 0.840 bits per heavy atom. The molecular formula is C32H32N4Na2O10S2. The van der Waals surface area contributed by atoms with Crippen molar-refractivity contribution in [3.63, 3.8) is 0 Å². The van der Waals surface area contributed by atoms with Crippen LogP contribution in [-0.4, -0.2) is 62.6 Å². The van der Waals surface area contributed by atoms with Gasteiger partial charge in [-0.1, -0.05) is 12.1 Å². The number of nitrogens with zero attached hydrogens (tertiary/aromatic N) is 4. The number of ether oxygens (including phenoxy) is 2. The average molecular weight is 743 g/mol. The smallest absolute Gasteiger partial charge is 0.744 e. The summed E-state index contributed by atoms with van der Waals surface area (Å²) in [6.45, 7) is 0.723. The molecule has 0 aliphatic rings. The number of aliphatic hydroxyl groups is 2. The third kappa shape index (κ3) is 13.9. The molecule has 0 heterocycles. The van der Waals surface area contributed by atoms with E-state index in [1.54, 1.807) is 48.5 Å². The summed E-state index contributed by atoms with van der Waals surface area (Å²) in [5, 5.41) is 33.9. The van der Waals surface area contributed by atoms with Crippen LogP contribution in [0.1, 0.15) is 24.0 Å². The van der Waals surface area contributed by atoms with Gasteiger partial charge >= 0.3 is 59.1 Å². The molecule has 0 aliphatic carbocycles. The minimum atomic E-state index is -4.96. The standard InChI is InChI=1S/C32H34N4O10S2.2Na/c37-17-1-19-45-29-13-9-25(10-14-29)33-35-27-7-5-23(31(21-27)47(39,40)41)3-4-24-6-8-28(22-32(24)48(42,43)44)36-34-26-11-15-30(16-12-26)46-20-2-18-38;;/h5-16,21-22,37-38H,1-4,17-20H2,(H,39,40,41)(H,42,43,44);;/q;2*+1/p-2. The molecule has 18 heteroatoms. The Morgan fingerprint density at radius 1 is 0.520 bits per heavy atom. The quantitative estimate of drug-likeness (QED) is 0.0619. The average Bonchev–Trinajstić information content (AvgIpc) is 3.06. The number of hydrogen-bond donors (Lipinski definition) is 2. The van der Waals surface area contributed by atoms with Crippen molar-refractivity contribution in [2.75, 3.05) is 26.4 Å². The summed E-state index contributed by atoms with van der Waals surface area (Å²) < 4.78 is 83.7. The molecule has 2 N–H and O–H groups in total. The van der Waals surface area contributed by atoms with E-state index in [9.17, 15) is 25.9 Å². The second-order valence-corrected chi connectivity index (χ2v) is 12.9. The number of azo groups is 2. The molecule has 0 bridgehead atoms. The van der Waals surface area contributed by atoms with E-state index in [0.29, 0.717) is 48.9 Å². The Balaban J connectivity index is 0.00000433. The van der Waals surface area contributed by atoms with Crippen LogP contribution in [0.15, 0.2) is 115 Å². The van der Waals surface area contributed by atoms with Gasteiger partial charge in [0.25, 0.3) is 0 Å². The fourth-order valence-electron chi connectivity index (χ4n) is 4.32. The molecule has 0 unspecified atom stereocenters. The Labute approximate surface area is 334 Å². The Kier molecular flexibility index (Phi) is 18.4. The van der Waals surface area contributed by atoms with Gasteiger partial charge in [-0.05, 0) is 96.8 Å². The van der Waals surface area contributed by atoms with Crippen molar-refractivity contribution in [3.8, 4) is 11.5 Å². The zero-order valence-electron chi connectivity index (χ0n) is 27.5. The van der Waals surface area contributed by atoms with E-state index in [0.717, 1.165) is 12.1 Å². The number of rotatable bonds is 17. The SMILES string of the molecule is O=S(=O)([O-])c1cc(N=Nc2ccc(OCCCO)cc2)ccc1CCc1ccc(N=Nc2ccc(OCCCO)cc2)cc1S(=O)(=O)[O-].[Na+].[Na+]. The van der Waals surface area contributed by atoms with Gasteiger partial charge in [0, 0.05) is 26.1 Å². The monoisotopic (exact) mass is 742 g/mol. The van der Waals surface area contributed by atoms with Crippen LogP contribution in [0.3, 0.4) is 0 Å². The normalized spacial score (nSPS) is 11.7. The van der Waals surface area contributed by atoms with Gasteiger partial charge in [-0.3, -0.25) is 0 Å². The van der Waals surface area contributed by atoms with Gasteiger partial charge in [0.15, 0.2) is 0 Å². The van der Waals surface area contributed by atoms with Crippen molar-refractivity contribution in [1.29, 1.82) is 0 Å². The van der Waals surface area contributed by atoms with Crippen molar-refractivity contribution in [2.24, 2.45) is 20.5 Å². The first-order valence-corrected chi connectivity index (χ1v) is 17.5. The van der Waals surface area contributed by atoms with Gasteiger partial charge in [-0.2, -0.15) is 20.5 Å². The van der Waals surface area contributed by atoms with Crippen molar-refractivity contribution >= 4 is 43.0 Å². The van der Waals surface area contributed by atoms with Crippen LogP contribution in [0.2, 0.25) is 0 Å².